The molecule has 0 saturated heterocycles. The lowest BCUT2D eigenvalue weighted by molar-refractivity contribution is -0.385. The molecule has 0 spiro atoms. The summed E-state index contributed by atoms with van der Waals surface area (Å²) in [6.07, 6.45) is 3.84. The van der Waals surface area contributed by atoms with Crippen molar-refractivity contribution in [2.24, 2.45) is 0 Å². The Labute approximate surface area is 117 Å². The summed E-state index contributed by atoms with van der Waals surface area (Å²) in [7, 11) is 0. The minimum absolute atomic E-state index is 0.0279. The zero-order valence-electron chi connectivity index (χ0n) is 11.3. The van der Waals surface area contributed by atoms with Crippen molar-refractivity contribution in [2.45, 2.75) is 19.8 Å². The van der Waals surface area contributed by atoms with Crippen LogP contribution in [0.25, 0.3) is 0 Å². The van der Waals surface area contributed by atoms with E-state index in [0.29, 0.717) is 18.0 Å². The van der Waals surface area contributed by atoms with Gasteiger partial charge in [-0.3, -0.25) is 10.1 Å². The number of para-hydroxylation sites is 1. The van der Waals surface area contributed by atoms with E-state index in [2.05, 4.69) is 5.32 Å². The van der Waals surface area contributed by atoms with E-state index in [4.69, 9.17) is 4.74 Å². The van der Waals surface area contributed by atoms with Gasteiger partial charge in [0.2, 0.25) is 0 Å². The molecule has 19 heavy (non-hydrogen) atoms. The van der Waals surface area contributed by atoms with Gasteiger partial charge >= 0.3 is 5.69 Å². The third kappa shape index (κ3) is 4.98. The molecule has 0 aliphatic heterocycles. The Hall–Kier alpha value is -1.43. The van der Waals surface area contributed by atoms with Crippen LogP contribution in [0.4, 0.5) is 11.4 Å². The Morgan fingerprint density at radius 1 is 1.47 bits per heavy atom. The highest BCUT2D eigenvalue weighted by molar-refractivity contribution is 7.98. The number of hydrogen-bond acceptors (Lipinski definition) is 5. The first kappa shape index (κ1) is 15.6. The molecule has 0 radical (unpaired) electrons. The predicted octanol–water partition coefficient (Wildman–Crippen LogP) is 3.55. The van der Waals surface area contributed by atoms with Gasteiger partial charge in [0.25, 0.3) is 0 Å². The zero-order chi connectivity index (χ0) is 14.1. The largest absolute Gasteiger partial charge is 0.487 e. The Kier molecular flexibility index (Phi) is 7.10. The van der Waals surface area contributed by atoms with Crippen LogP contribution in [-0.2, 0) is 0 Å². The number of nitro benzene ring substituents is 1. The lowest BCUT2D eigenvalue weighted by atomic mass is 10.2. The van der Waals surface area contributed by atoms with Crippen molar-refractivity contribution < 1.29 is 9.66 Å². The molecule has 1 aromatic rings. The fourth-order valence-electron chi connectivity index (χ4n) is 1.62. The summed E-state index contributed by atoms with van der Waals surface area (Å²) in [5.41, 5.74) is 0.555. The van der Waals surface area contributed by atoms with Crippen molar-refractivity contribution in [3.05, 3.63) is 28.3 Å². The second kappa shape index (κ2) is 8.63. The molecule has 0 aromatic heterocycles. The number of nitro groups is 1. The summed E-state index contributed by atoms with van der Waals surface area (Å²) in [6.45, 7) is 3.17. The minimum Gasteiger partial charge on any atom is -0.487 e. The van der Waals surface area contributed by atoms with E-state index in [1.807, 2.05) is 13.2 Å². The molecular formula is C13H20N2O3S. The highest BCUT2D eigenvalue weighted by atomic mass is 32.2. The normalized spacial score (nSPS) is 10.2. The van der Waals surface area contributed by atoms with Gasteiger partial charge < -0.3 is 10.1 Å². The summed E-state index contributed by atoms with van der Waals surface area (Å²) in [5.74, 6) is 1.37. The quantitative estimate of drug-likeness (QED) is 0.427. The maximum Gasteiger partial charge on any atom is 0.333 e. The maximum atomic E-state index is 11.2. The Morgan fingerprint density at radius 2 is 2.26 bits per heavy atom. The molecule has 0 amide bonds. The van der Waals surface area contributed by atoms with Crippen LogP contribution in [0.3, 0.4) is 0 Å². The monoisotopic (exact) mass is 284 g/mol. The maximum absolute atomic E-state index is 11.2. The fourth-order valence-corrected chi connectivity index (χ4v) is 2.05. The molecule has 6 heteroatoms. The van der Waals surface area contributed by atoms with Gasteiger partial charge in [-0.2, -0.15) is 11.8 Å². The van der Waals surface area contributed by atoms with Gasteiger partial charge in [0, 0.05) is 6.54 Å². The van der Waals surface area contributed by atoms with Gasteiger partial charge in [0.05, 0.1) is 11.5 Å². The van der Waals surface area contributed by atoms with Crippen molar-refractivity contribution in [3.8, 4) is 5.75 Å². The molecule has 0 fully saturated rings. The van der Waals surface area contributed by atoms with Gasteiger partial charge in [-0.25, -0.2) is 0 Å². The van der Waals surface area contributed by atoms with Crippen molar-refractivity contribution in [1.82, 2.24) is 0 Å². The number of rotatable bonds is 9. The number of thioether (sulfide) groups is 1. The number of ether oxygens (including phenoxy) is 1. The summed E-state index contributed by atoms with van der Waals surface area (Å²) < 4.78 is 5.43. The summed E-state index contributed by atoms with van der Waals surface area (Å²) in [5, 5.41) is 14.3. The van der Waals surface area contributed by atoms with Crippen LogP contribution in [0.5, 0.6) is 5.75 Å². The second-order valence-electron chi connectivity index (χ2n) is 4.03. The molecule has 0 heterocycles. The predicted molar refractivity (Wildman–Crippen MR) is 80.4 cm³/mol. The molecule has 0 unspecified atom stereocenters. The summed E-state index contributed by atoms with van der Waals surface area (Å²) in [6, 6.07) is 5.13. The first-order valence-corrected chi connectivity index (χ1v) is 7.73. The van der Waals surface area contributed by atoms with Crippen LogP contribution in [0, 0.1) is 10.1 Å². The molecule has 0 bridgehead atoms. The molecule has 1 rings (SSSR count). The van der Waals surface area contributed by atoms with Gasteiger partial charge in [-0.15, -0.1) is 0 Å². The van der Waals surface area contributed by atoms with Crippen LogP contribution in [0.2, 0.25) is 0 Å². The van der Waals surface area contributed by atoms with Crippen molar-refractivity contribution >= 4 is 23.1 Å². The van der Waals surface area contributed by atoms with Crippen molar-refractivity contribution in [2.75, 3.05) is 30.5 Å². The average Bonchev–Trinajstić information content (AvgIpc) is 2.41. The zero-order valence-corrected chi connectivity index (χ0v) is 12.2. The van der Waals surface area contributed by atoms with E-state index in [0.717, 1.165) is 25.1 Å². The first-order chi connectivity index (χ1) is 9.20. The molecular weight excluding hydrogens is 264 g/mol. The van der Waals surface area contributed by atoms with Crippen molar-refractivity contribution in [1.29, 1.82) is 0 Å². The summed E-state index contributed by atoms with van der Waals surface area (Å²) in [4.78, 5) is 10.8. The highest BCUT2D eigenvalue weighted by Crippen LogP contribution is 2.34. The number of anilines is 1. The standard InChI is InChI=1S/C13H20N2O3S/c1-3-9-18-12-7-4-6-11(13(12)15(16)17)14-8-5-10-19-2/h4,6-7,14H,3,5,8-10H2,1-2H3. The molecule has 0 atom stereocenters. The molecule has 5 nitrogen and oxygen atoms in total. The minimum atomic E-state index is -0.387. The van der Waals surface area contributed by atoms with E-state index in [9.17, 15) is 10.1 Å². The molecule has 1 aromatic carbocycles. The lowest BCUT2D eigenvalue weighted by Gasteiger charge is -2.10. The highest BCUT2D eigenvalue weighted by Gasteiger charge is 2.20. The van der Waals surface area contributed by atoms with Crippen LogP contribution >= 0.6 is 11.8 Å². The third-order valence-corrected chi connectivity index (χ3v) is 3.18. The van der Waals surface area contributed by atoms with E-state index in [1.54, 1.807) is 30.0 Å². The molecule has 106 valence electrons. The van der Waals surface area contributed by atoms with Gasteiger partial charge in [0.15, 0.2) is 5.75 Å². The van der Waals surface area contributed by atoms with Crippen molar-refractivity contribution in [3.63, 3.8) is 0 Å². The van der Waals surface area contributed by atoms with E-state index >= 15 is 0 Å². The molecule has 1 N–H and O–H groups in total. The van der Waals surface area contributed by atoms with E-state index < -0.39 is 0 Å². The van der Waals surface area contributed by atoms with Gasteiger partial charge in [-0.1, -0.05) is 13.0 Å². The molecule has 0 aliphatic carbocycles. The van der Waals surface area contributed by atoms with Crippen LogP contribution in [0.1, 0.15) is 19.8 Å². The summed E-state index contributed by atoms with van der Waals surface area (Å²) >= 11 is 1.76. The molecule has 0 saturated carbocycles. The van der Waals surface area contributed by atoms with Gasteiger partial charge in [-0.05, 0) is 37.0 Å². The third-order valence-electron chi connectivity index (χ3n) is 2.48. The second-order valence-corrected chi connectivity index (χ2v) is 5.02. The lowest BCUT2D eigenvalue weighted by Crippen LogP contribution is -2.07. The Balaban J connectivity index is 2.80. The van der Waals surface area contributed by atoms with E-state index in [-0.39, 0.29) is 10.6 Å². The smallest absolute Gasteiger partial charge is 0.333 e. The van der Waals surface area contributed by atoms with Crippen LogP contribution < -0.4 is 10.1 Å². The van der Waals surface area contributed by atoms with Gasteiger partial charge in [0.1, 0.15) is 5.69 Å². The topological polar surface area (TPSA) is 64.4 Å². The number of hydrogen-bond donors (Lipinski definition) is 1. The number of benzene rings is 1. The SMILES string of the molecule is CCCOc1cccc(NCCCSC)c1[N+](=O)[O-]. The van der Waals surface area contributed by atoms with Crippen LogP contribution in [-0.4, -0.2) is 30.1 Å². The Morgan fingerprint density at radius 3 is 2.89 bits per heavy atom. The van der Waals surface area contributed by atoms with Crippen LogP contribution in [0.15, 0.2) is 18.2 Å². The average molecular weight is 284 g/mol. The molecule has 0 aliphatic rings. The number of nitrogens with one attached hydrogen (secondary N) is 1. The fraction of sp³-hybridized carbons (Fsp3) is 0.538. The first-order valence-electron chi connectivity index (χ1n) is 6.33. The Bertz CT molecular complexity index is 413. The van der Waals surface area contributed by atoms with E-state index in [1.165, 1.54) is 0 Å². The number of nitrogens with zero attached hydrogens (tertiary/aromatic N) is 1.